The average Bonchev–Trinajstić information content (AvgIpc) is 2.82. The summed E-state index contributed by atoms with van der Waals surface area (Å²) < 4.78 is 48.4. The Kier molecular flexibility index (Phi) is 4.44. The summed E-state index contributed by atoms with van der Waals surface area (Å²) in [5.74, 6) is 0.0569. The van der Waals surface area contributed by atoms with Crippen LogP contribution in [0.25, 0.3) is 0 Å². The van der Waals surface area contributed by atoms with E-state index in [0.29, 0.717) is 19.6 Å². The van der Waals surface area contributed by atoms with Crippen LogP contribution in [-0.2, 0) is 15.7 Å². The molecule has 1 fully saturated rings. The van der Waals surface area contributed by atoms with Gasteiger partial charge in [-0.05, 0) is 12.5 Å². The summed E-state index contributed by atoms with van der Waals surface area (Å²) in [5.41, 5.74) is -0.945. The van der Waals surface area contributed by atoms with Gasteiger partial charge in [0, 0.05) is 27.0 Å². The van der Waals surface area contributed by atoms with Crippen molar-refractivity contribution in [2.45, 2.75) is 24.7 Å². The number of methoxy groups -OCH3 is 2. The SMILES string of the molecule is COC[C@@H]1C[C@H](OC)CN1c1nccc(C(F)(F)F)n1. The van der Waals surface area contributed by atoms with Gasteiger partial charge in [-0.25, -0.2) is 9.97 Å². The smallest absolute Gasteiger partial charge is 0.383 e. The zero-order valence-electron chi connectivity index (χ0n) is 11.2. The maximum absolute atomic E-state index is 12.7. The van der Waals surface area contributed by atoms with Crippen molar-refractivity contribution in [3.63, 3.8) is 0 Å². The fourth-order valence-corrected chi connectivity index (χ4v) is 2.28. The number of hydrogen-bond donors (Lipinski definition) is 0. The van der Waals surface area contributed by atoms with Gasteiger partial charge in [0.25, 0.3) is 0 Å². The maximum Gasteiger partial charge on any atom is 0.433 e. The molecule has 8 heteroatoms. The van der Waals surface area contributed by atoms with E-state index in [-0.39, 0.29) is 18.1 Å². The second kappa shape index (κ2) is 5.92. The van der Waals surface area contributed by atoms with E-state index in [2.05, 4.69) is 9.97 Å². The summed E-state index contributed by atoms with van der Waals surface area (Å²) >= 11 is 0. The van der Waals surface area contributed by atoms with Crippen molar-refractivity contribution in [3.05, 3.63) is 18.0 Å². The Morgan fingerprint density at radius 1 is 1.40 bits per heavy atom. The average molecular weight is 291 g/mol. The first kappa shape index (κ1) is 15.0. The minimum Gasteiger partial charge on any atom is -0.383 e. The second-order valence-electron chi connectivity index (χ2n) is 4.59. The molecule has 0 N–H and O–H groups in total. The molecule has 0 radical (unpaired) electrons. The molecule has 0 amide bonds. The summed E-state index contributed by atoms with van der Waals surface area (Å²) in [6.45, 7) is 0.839. The van der Waals surface area contributed by atoms with Crippen LogP contribution in [0, 0.1) is 0 Å². The highest BCUT2D eigenvalue weighted by Crippen LogP contribution is 2.30. The Morgan fingerprint density at radius 2 is 2.15 bits per heavy atom. The highest BCUT2D eigenvalue weighted by atomic mass is 19.4. The normalized spacial score (nSPS) is 23.4. The Hall–Kier alpha value is -1.41. The van der Waals surface area contributed by atoms with Gasteiger partial charge in [-0.1, -0.05) is 0 Å². The van der Waals surface area contributed by atoms with Crippen LogP contribution in [0.2, 0.25) is 0 Å². The number of anilines is 1. The number of hydrogen-bond acceptors (Lipinski definition) is 5. The number of rotatable bonds is 4. The molecule has 5 nitrogen and oxygen atoms in total. The Balaban J connectivity index is 2.25. The summed E-state index contributed by atoms with van der Waals surface area (Å²) in [7, 11) is 3.12. The topological polar surface area (TPSA) is 47.5 Å². The minimum absolute atomic E-state index is 0.0569. The second-order valence-corrected chi connectivity index (χ2v) is 4.59. The first-order valence-corrected chi connectivity index (χ1v) is 6.14. The third-order valence-electron chi connectivity index (χ3n) is 3.26. The molecule has 1 aromatic rings. The lowest BCUT2D eigenvalue weighted by atomic mass is 10.2. The molecule has 0 aliphatic carbocycles. The Bertz CT molecular complexity index is 456. The van der Waals surface area contributed by atoms with E-state index in [9.17, 15) is 13.2 Å². The van der Waals surface area contributed by atoms with E-state index in [1.54, 1.807) is 19.1 Å². The molecule has 2 atom stereocenters. The number of ether oxygens (including phenoxy) is 2. The van der Waals surface area contributed by atoms with Crippen molar-refractivity contribution in [3.8, 4) is 0 Å². The number of aromatic nitrogens is 2. The van der Waals surface area contributed by atoms with Gasteiger partial charge in [-0.15, -0.1) is 0 Å². The molecule has 0 bridgehead atoms. The zero-order chi connectivity index (χ0) is 14.8. The molecule has 112 valence electrons. The Labute approximate surface area is 114 Å². The predicted octanol–water partition coefficient (Wildman–Crippen LogP) is 1.74. The summed E-state index contributed by atoms with van der Waals surface area (Å²) in [4.78, 5) is 9.25. The molecule has 0 aromatic carbocycles. The lowest BCUT2D eigenvalue weighted by molar-refractivity contribution is -0.141. The highest BCUT2D eigenvalue weighted by Gasteiger charge is 2.37. The quantitative estimate of drug-likeness (QED) is 0.845. The maximum atomic E-state index is 12.7. The number of alkyl halides is 3. The van der Waals surface area contributed by atoms with Crippen LogP contribution in [0.5, 0.6) is 0 Å². The van der Waals surface area contributed by atoms with Crippen LogP contribution in [0.3, 0.4) is 0 Å². The first-order valence-electron chi connectivity index (χ1n) is 6.14. The highest BCUT2D eigenvalue weighted by molar-refractivity contribution is 5.35. The summed E-state index contributed by atoms with van der Waals surface area (Å²) in [5, 5.41) is 0. The van der Waals surface area contributed by atoms with Crippen molar-refractivity contribution in [1.82, 2.24) is 9.97 Å². The summed E-state index contributed by atoms with van der Waals surface area (Å²) in [6, 6.07) is 0.770. The molecule has 1 aromatic heterocycles. The van der Waals surface area contributed by atoms with E-state index in [1.165, 1.54) is 0 Å². The third-order valence-corrected chi connectivity index (χ3v) is 3.26. The molecule has 0 unspecified atom stereocenters. The van der Waals surface area contributed by atoms with Gasteiger partial charge in [-0.2, -0.15) is 13.2 Å². The zero-order valence-corrected chi connectivity index (χ0v) is 11.2. The first-order chi connectivity index (χ1) is 9.45. The van der Waals surface area contributed by atoms with Crippen LogP contribution in [0.15, 0.2) is 12.3 Å². The van der Waals surface area contributed by atoms with Gasteiger partial charge < -0.3 is 14.4 Å². The van der Waals surface area contributed by atoms with Crippen molar-refractivity contribution in [1.29, 1.82) is 0 Å². The molecular formula is C12H16F3N3O2. The lowest BCUT2D eigenvalue weighted by Crippen LogP contribution is -2.34. The minimum atomic E-state index is -4.48. The molecule has 20 heavy (non-hydrogen) atoms. The molecular weight excluding hydrogens is 275 g/mol. The van der Waals surface area contributed by atoms with E-state index < -0.39 is 11.9 Å². The number of nitrogens with zero attached hydrogens (tertiary/aromatic N) is 3. The van der Waals surface area contributed by atoms with Crippen LogP contribution in [0.4, 0.5) is 19.1 Å². The molecule has 1 saturated heterocycles. The third kappa shape index (κ3) is 3.18. The summed E-state index contributed by atoms with van der Waals surface area (Å²) in [6.07, 6.45) is -2.75. The molecule has 1 aliphatic rings. The van der Waals surface area contributed by atoms with Crippen LogP contribution in [0.1, 0.15) is 12.1 Å². The van der Waals surface area contributed by atoms with E-state index in [0.717, 1.165) is 12.3 Å². The fourth-order valence-electron chi connectivity index (χ4n) is 2.28. The van der Waals surface area contributed by atoms with Gasteiger partial charge in [0.15, 0.2) is 0 Å². The van der Waals surface area contributed by atoms with E-state index in [4.69, 9.17) is 9.47 Å². The standard InChI is InChI=1S/C12H16F3N3O2/c1-19-7-8-5-9(20-2)6-18(8)11-16-4-3-10(17-11)12(13,14)15/h3-4,8-9H,5-7H2,1-2H3/t8-,9-/m0/s1. The molecule has 0 spiro atoms. The van der Waals surface area contributed by atoms with Gasteiger partial charge in [-0.3, -0.25) is 0 Å². The molecule has 2 heterocycles. The predicted molar refractivity (Wildman–Crippen MR) is 65.5 cm³/mol. The Morgan fingerprint density at radius 3 is 2.75 bits per heavy atom. The van der Waals surface area contributed by atoms with Crippen molar-refractivity contribution >= 4 is 5.95 Å². The van der Waals surface area contributed by atoms with Crippen LogP contribution >= 0.6 is 0 Å². The lowest BCUT2D eigenvalue weighted by Gasteiger charge is -2.24. The van der Waals surface area contributed by atoms with Crippen LogP contribution < -0.4 is 4.90 Å². The van der Waals surface area contributed by atoms with Crippen LogP contribution in [-0.4, -0.2) is 49.5 Å². The van der Waals surface area contributed by atoms with Gasteiger partial charge in [0.05, 0.1) is 18.8 Å². The largest absolute Gasteiger partial charge is 0.433 e. The monoisotopic (exact) mass is 291 g/mol. The molecule has 1 aliphatic heterocycles. The molecule has 0 saturated carbocycles. The number of halogens is 3. The van der Waals surface area contributed by atoms with Crippen molar-refractivity contribution < 1.29 is 22.6 Å². The van der Waals surface area contributed by atoms with Crippen molar-refractivity contribution in [2.75, 3.05) is 32.3 Å². The van der Waals surface area contributed by atoms with E-state index >= 15 is 0 Å². The fraction of sp³-hybridized carbons (Fsp3) is 0.667. The molecule has 2 rings (SSSR count). The van der Waals surface area contributed by atoms with Gasteiger partial charge in [0.1, 0.15) is 5.69 Å². The van der Waals surface area contributed by atoms with Crippen molar-refractivity contribution in [2.24, 2.45) is 0 Å². The van der Waals surface area contributed by atoms with Gasteiger partial charge >= 0.3 is 6.18 Å². The van der Waals surface area contributed by atoms with E-state index in [1.807, 2.05) is 0 Å². The van der Waals surface area contributed by atoms with Gasteiger partial charge in [0.2, 0.25) is 5.95 Å².